The second kappa shape index (κ2) is 6.21. The molecule has 0 heterocycles. The summed E-state index contributed by atoms with van der Waals surface area (Å²) >= 11 is 0. The number of hydrogen-bond acceptors (Lipinski definition) is 1. The standard InChI is InChI=1S/C15H22F6O/c16-14(17,18)13(15(19,20)21,10-4-2-1-3-5-10)11-6-8-12(22)9-7-11/h10-12,22H,1-9H2. The van der Waals surface area contributed by atoms with Gasteiger partial charge in [0.2, 0.25) is 0 Å². The maximum absolute atomic E-state index is 13.8. The Bertz CT molecular complexity index is 347. The smallest absolute Gasteiger partial charge is 0.393 e. The van der Waals surface area contributed by atoms with Crippen LogP contribution < -0.4 is 0 Å². The average Bonchev–Trinajstić information content (AvgIpc) is 2.39. The van der Waals surface area contributed by atoms with Crippen LogP contribution in [0.3, 0.4) is 0 Å². The van der Waals surface area contributed by atoms with Gasteiger partial charge in [-0.3, -0.25) is 0 Å². The van der Waals surface area contributed by atoms with E-state index in [9.17, 15) is 31.4 Å². The van der Waals surface area contributed by atoms with Gasteiger partial charge in [0.05, 0.1) is 6.10 Å². The summed E-state index contributed by atoms with van der Waals surface area (Å²) in [7, 11) is 0. The van der Waals surface area contributed by atoms with E-state index in [-0.39, 0.29) is 38.5 Å². The third-order valence-corrected chi connectivity index (χ3v) is 5.53. The molecule has 1 nitrogen and oxygen atoms in total. The zero-order chi connectivity index (χ0) is 16.6. The van der Waals surface area contributed by atoms with Crippen molar-refractivity contribution in [1.82, 2.24) is 0 Å². The van der Waals surface area contributed by atoms with Crippen molar-refractivity contribution in [3.63, 3.8) is 0 Å². The van der Waals surface area contributed by atoms with Crippen LogP contribution in [0, 0.1) is 17.3 Å². The molecular weight excluding hydrogens is 310 g/mol. The molecule has 2 aliphatic rings. The van der Waals surface area contributed by atoms with Crippen LogP contribution in [0.25, 0.3) is 0 Å². The summed E-state index contributed by atoms with van der Waals surface area (Å²) < 4.78 is 82.5. The van der Waals surface area contributed by atoms with Crippen LogP contribution in [0.15, 0.2) is 0 Å². The summed E-state index contributed by atoms with van der Waals surface area (Å²) in [5.74, 6) is -2.86. The van der Waals surface area contributed by atoms with Crippen LogP contribution in [0.5, 0.6) is 0 Å². The molecule has 2 aliphatic carbocycles. The normalized spacial score (nSPS) is 29.6. The molecule has 130 valence electrons. The molecule has 7 heteroatoms. The third-order valence-electron chi connectivity index (χ3n) is 5.53. The molecule has 0 amide bonds. The predicted molar refractivity (Wildman–Crippen MR) is 69.1 cm³/mol. The Morgan fingerprint density at radius 3 is 1.41 bits per heavy atom. The van der Waals surface area contributed by atoms with Crippen molar-refractivity contribution in [2.45, 2.75) is 76.2 Å². The molecule has 2 fully saturated rings. The van der Waals surface area contributed by atoms with Crippen LogP contribution in [0.2, 0.25) is 0 Å². The number of alkyl halides is 6. The van der Waals surface area contributed by atoms with Crippen LogP contribution in [-0.2, 0) is 0 Å². The van der Waals surface area contributed by atoms with E-state index in [1.807, 2.05) is 0 Å². The Kier molecular flexibility index (Phi) is 5.05. The molecule has 2 saturated carbocycles. The molecule has 0 radical (unpaired) electrons. The SMILES string of the molecule is OC1CCC(C(C2CCCCC2)(C(F)(F)F)C(F)(F)F)CC1. The molecule has 0 aromatic rings. The van der Waals surface area contributed by atoms with E-state index in [2.05, 4.69) is 0 Å². The molecule has 0 spiro atoms. The summed E-state index contributed by atoms with van der Waals surface area (Å²) in [6.07, 6.45) is -10.3. The van der Waals surface area contributed by atoms with Crippen LogP contribution >= 0.6 is 0 Å². The minimum Gasteiger partial charge on any atom is -0.393 e. The zero-order valence-corrected chi connectivity index (χ0v) is 12.3. The Balaban J connectivity index is 2.45. The van der Waals surface area contributed by atoms with Crippen molar-refractivity contribution in [3.8, 4) is 0 Å². The van der Waals surface area contributed by atoms with Gasteiger partial charge in [0.1, 0.15) is 0 Å². The van der Waals surface area contributed by atoms with E-state index in [0.29, 0.717) is 19.3 Å². The third kappa shape index (κ3) is 2.97. The van der Waals surface area contributed by atoms with Crippen LogP contribution in [-0.4, -0.2) is 23.6 Å². The number of halogens is 6. The lowest BCUT2D eigenvalue weighted by molar-refractivity contribution is -0.382. The van der Waals surface area contributed by atoms with E-state index >= 15 is 0 Å². The van der Waals surface area contributed by atoms with E-state index < -0.39 is 35.7 Å². The fraction of sp³-hybridized carbons (Fsp3) is 1.00. The molecule has 0 saturated heterocycles. The van der Waals surface area contributed by atoms with Gasteiger partial charge in [0, 0.05) is 0 Å². The average molecular weight is 332 g/mol. The van der Waals surface area contributed by atoms with Gasteiger partial charge in [0.25, 0.3) is 0 Å². The zero-order valence-electron chi connectivity index (χ0n) is 12.3. The van der Waals surface area contributed by atoms with Gasteiger partial charge in [-0.05, 0) is 50.4 Å². The number of rotatable bonds is 2. The highest BCUT2D eigenvalue weighted by Gasteiger charge is 2.76. The summed E-state index contributed by atoms with van der Waals surface area (Å²) in [4.78, 5) is 0. The lowest BCUT2D eigenvalue weighted by Gasteiger charge is -2.50. The Morgan fingerprint density at radius 1 is 0.591 bits per heavy atom. The van der Waals surface area contributed by atoms with Gasteiger partial charge in [-0.2, -0.15) is 26.3 Å². The molecule has 22 heavy (non-hydrogen) atoms. The Labute approximate surface area is 126 Å². The Hall–Kier alpha value is -0.460. The summed E-state index contributed by atoms with van der Waals surface area (Å²) in [5, 5.41) is 9.45. The molecule has 2 rings (SSSR count). The van der Waals surface area contributed by atoms with Gasteiger partial charge < -0.3 is 5.11 Å². The lowest BCUT2D eigenvalue weighted by atomic mass is 9.57. The largest absolute Gasteiger partial charge is 0.403 e. The second-order valence-corrected chi connectivity index (χ2v) is 6.70. The van der Waals surface area contributed by atoms with Gasteiger partial charge >= 0.3 is 12.4 Å². The van der Waals surface area contributed by atoms with Gasteiger partial charge in [-0.15, -0.1) is 0 Å². The molecule has 1 N–H and O–H groups in total. The number of aliphatic hydroxyl groups excluding tert-OH is 1. The van der Waals surface area contributed by atoms with Crippen LogP contribution in [0.1, 0.15) is 57.8 Å². The molecule has 0 aliphatic heterocycles. The predicted octanol–water partition coefficient (Wildman–Crippen LogP) is 5.23. The highest BCUT2D eigenvalue weighted by molar-refractivity contribution is 5.04. The molecule has 0 unspecified atom stereocenters. The van der Waals surface area contributed by atoms with Crippen molar-refractivity contribution in [2.24, 2.45) is 17.3 Å². The minimum absolute atomic E-state index is 0.0158. The number of aliphatic hydroxyl groups is 1. The van der Waals surface area contributed by atoms with E-state index in [0.717, 1.165) is 0 Å². The highest BCUT2D eigenvalue weighted by atomic mass is 19.4. The van der Waals surface area contributed by atoms with E-state index in [1.54, 1.807) is 0 Å². The summed E-state index contributed by atoms with van der Waals surface area (Å²) in [6, 6.07) is 0. The topological polar surface area (TPSA) is 20.2 Å². The molecular formula is C15H22F6O. The first-order chi connectivity index (χ1) is 10.1. The quantitative estimate of drug-likeness (QED) is 0.687. The fourth-order valence-electron chi connectivity index (χ4n) is 4.51. The van der Waals surface area contributed by atoms with Crippen molar-refractivity contribution in [1.29, 1.82) is 0 Å². The first kappa shape index (κ1) is 17.9. The Morgan fingerprint density at radius 2 is 1.00 bits per heavy atom. The number of hydrogen-bond donors (Lipinski definition) is 1. The first-order valence-corrected chi connectivity index (χ1v) is 7.92. The minimum atomic E-state index is -5.31. The molecule has 0 atom stereocenters. The van der Waals surface area contributed by atoms with E-state index in [1.165, 1.54) is 0 Å². The maximum atomic E-state index is 13.8. The van der Waals surface area contributed by atoms with Crippen molar-refractivity contribution >= 4 is 0 Å². The van der Waals surface area contributed by atoms with Gasteiger partial charge in [-0.1, -0.05) is 19.3 Å². The summed E-state index contributed by atoms with van der Waals surface area (Å²) in [6.45, 7) is 0. The van der Waals surface area contributed by atoms with E-state index in [4.69, 9.17) is 0 Å². The van der Waals surface area contributed by atoms with Crippen LogP contribution in [0.4, 0.5) is 26.3 Å². The maximum Gasteiger partial charge on any atom is 0.403 e. The van der Waals surface area contributed by atoms with Crippen molar-refractivity contribution in [2.75, 3.05) is 0 Å². The van der Waals surface area contributed by atoms with Gasteiger partial charge in [0.15, 0.2) is 5.41 Å². The lowest BCUT2D eigenvalue weighted by Crippen LogP contribution is -2.60. The molecule has 0 bridgehead atoms. The van der Waals surface area contributed by atoms with Crippen molar-refractivity contribution in [3.05, 3.63) is 0 Å². The fourth-order valence-corrected chi connectivity index (χ4v) is 4.51. The summed E-state index contributed by atoms with van der Waals surface area (Å²) in [5.41, 5.74) is -3.61. The second-order valence-electron chi connectivity index (χ2n) is 6.70. The molecule has 0 aromatic carbocycles. The molecule has 0 aromatic heterocycles. The highest BCUT2D eigenvalue weighted by Crippen LogP contribution is 2.64. The monoisotopic (exact) mass is 332 g/mol. The first-order valence-electron chi connectivity index (χ1n) is 7.92. The van der Waals surface area contributed by atoms with Gasteiger partial charge in [-0.25, -0.2) is 0 Å². The van der Waals surface area contributed by atoms with Crippen molar-refractivity contribution < 1.29 is 31.4 Å².